The van der Waals surface area contributed by atoms with E-state index in [1.165, 1.54) is 12.1 Å². The average Bonchev–Trinajstić information content (AvgIpc) is 3.02. The van der Waals surface area contributed by atoms with Gasteiger partial charge in [-0.3, -0.25) is 14.4 Å². The molecule has 0 aliphatic carbocycles. The van der Waals surface area contributed by atoms with Crippen LogP contribution in [0.15, 0.2) is 65.6 Å². The van der Waals surface area contributed by atoms with Gasteiger partial charge in [0.1, 0.15) is 19.3 Å². The lowest BCUT2D eigenvalue weighted by molar-refractivity contribution is -0.145. The van der Waals surface area contributed by atoms with Crippen LogP contribution in [0.2, 0.25) is 0 Å². The Balaban J connectivity index is 1.31. The predicted octanol–water partition coefficient (Wildman–Crippen LogP) is 1.34. The Bertz CT molecular complexity index is 1300. The van der Waals surface area contributed by atoms with Crippen molar-refractivity contribution in [3.63, 3.8) is 0 Å². The van der Waals surface area contributed by atoms with E-state index < -0.39 is 33.8 Å². The van der Waals surface area contributed by atoms with Gasteiger partial charge in [0, 0.05) is 32.6 Å². The van der Waals surface area contributed by atoms with E-state index in [1.54, 1.807) is 30.0 Å². The van der Waals surface area contributed by atoms with Crippen molar-refractivity contribution >= 4 is 33.9 Å². The zero-order valence-corrected chi connectivity index (χ0v) is 24.8. The molecule has 0 spiro atoms. The Morgan fingerprint density at radius 1 is 0.907 bits per heavy atom. The third-order valence-electron chi connectivity index (χ3n) is 6.46. The highest BCUT2D eigenvalue weighted by Gasteiger charge is 2.28. The number of nitrogens with one attached hydrogen (secondary N) is 3. The second-order valence-electron chi connectivity index (χ2n) is 9.68. The van der Waals surface area contributed by atoms with Crippen LogP contribution < -0.4 is 15.4 Å². The predicted molar refractivity (Wildman–Crippen MR) is 155 cm³/mol. The maximum absolute atomic E-state index is 12.6. The van der Waals surface area contributed by atoms with Crippen LogP contribution in [0.5, 0.6) is 0 Å². The summed E-state index contributed by atoms with van der Waals surface area (Å²) in [5, 5.41) is 5.08. The molecule has 0 aromatic heterocycles. The lowest BCUT2D eigenvalue weighted by atomic mass is 10.1. The van der Waals surface area contributed by atoms with E-state index in [2.05, 4.69) is 15.4 Å². The van der Waals surface area contributed by atoms with Crippen molar-refractivity contribution in [3.8, 4) is 0 Å². The molecular formula is C29H38N4O9S. The molecule has 0 radical (unpaired) electrons. The normalized spacial score (nSPS) is 14.4. The minimum Gasteiger partial charge on any atom is -0.465 e. The molecule has 3 rings (SSSR count). The molecule has 2 aromatic carbocycles. The molecule has 1 saturated heterocycles. The Kier molecular flexibility index (Phi) is 13.4. The minimum atomic E-state index is -4.03. The van der Waals surface area contributed by atoms with E-state index >= 15 is 0 Å². The maximum Gasteiger partial charge on any atom is 0.410 e. The highest BCUT2D eigenvalue weighted by Crippen LogP contribution is 2.15. The number of rotatable bonds is 15. The molecule has 13 nitrogen and oxygen atoms in total. The number of ether oxygens (including phenoxy) is 3. The molecular weight excluding hydrogens is 580 g/mol. The van der Waals surface area contributed by atoms with Crippen LogP contribution in [-0.4, -0.2) is 88.7 Å². The van der Waals surface area contributed by atoms with Crippen LogP contribution in [0.25, 0.3) is 0 Å². The molecule has 234 valence electrons. The first-order chi connectivity index (χ1) is 20.7. The quantitative estimate of drug-likeness (QED) is 0.249. The van der Waals surface area contributed by atoms with Crippen LogP contribution >= 0.6 is 0 Å². The fourth-order valence-electron chi connectivity index (χ4n) is 4.15. The summed E-state index contributed by atoms with van der Waals surface area (Å²) in [6, 6.07) is 15.6. The first kappa shape index (κ1) is 33.5. The first-order valence-electron chi connectivity index (χ1n) is 14.0. The van der Waals surface area contributed by atoms with Gasteiger partial charge in [-0.2, -0.15) is 4.72 Å². The van der Waals surface area contributed by atoms with E-state index in [4.69, 9.17) is 14.2 Å². The van der Waals surface area contributed by atoms with Crippen molar-refractivity contribution in [2.45, 2.75) is 49.8 Å². The number of carbonyl (C=O) groups excluding carboxylic acids is 4. The van der Waals surface area contributed by atoms with Crippen LogP contribution in [-0.2, 0) is 45.2 Å². The Morgan fingerprint density at radius 2 is 1.56 bits per heavy atom. The summed E-state index contributed by atoms with van der Waals surface area (Å²) in [6.07, 6.45) is 0.445. The summed E-state index contributed by atoms with van der Waals surface area (Å²) in [5.41, 5.74) is 0.907. The molecule has 1 unspecified atom stereocenters. The van der Waals surface area contributed by atoms with Crippen LogP contribution in [0.1, 0.15) is 31.7 Å². The van der Waals surface area contributed by atoms with Crippen LogP contribution in [0.3, 0.4) is 0 Å². The Hall–Kier alpha value is -4.01. The second kappa shape index (κ2) is 17.2. The number of carbonyl (C=O) groups is 4. The molecule has 1 aliphatic heterocycles. The number of nitrogens with zero attached hydrogens (tertiary/aromatic N) is 1. The van der Waals surface area contributed by atoms with Crippen molar-refractivity contribution in [1.29, 1.82) is 0 Å². The fraction of sp³-hybridized carbons (Fsp3) is 0.448. The third-order valence-corrected chi connectivity index (χ3v) is 7.94. The lowest BCUT2D eigenvalue weighted by Gasteiger charge is -2.31. The van der Waals surface area contributed by atoms with Gasteiger partial charge < -0.3 is 29.7 Å². The molecule has 1 fully saturated rings. The highest BCUT2D eigenvalue weighted by atomic mass is 32.2. The number of esters is 1. The first-order valence-corrected chi connectivity index (χ1v) is 15.5. The topological polar surface area (TPSA) is 169 Å². The van der Waals surface area contributed by atoms with Gasteiger partial charge in [0.05, 0.1) is 17.6 Å². The van der Waals surface area contributed by atoms with Gasteiger partial charge in [-0.15, -0.1) is 0 Å². The summed E-state index contributed by atoms with van der Waals surface area (Å²) in [5.74, 6) is -1.74. The van der Waals surface area contributed by atoms with E-state index in [0.29, 0.717) is 25.9 Å². The van der Waals surface area contributed by atoms with Crippen molar-refractivity contribution in [3.05, 3.63) is 66.2 Å². The lowest BCUT2D eigenvalue weighted by Crippen LogP contribution is -2.49. The number of hydrogen-bond donors (Lipinski definition) is 3. The Labute approximate surface area is 251 Å². The van der Waals surface area contributed by atoms with Gasteiger partial charge in [0.2, 0.25) is 21.8 Å². The minimum absolute atomic E-state index is 0.0134. The standard InChI is InChI=1S/C29H38N4O9S/c1-2-40-28(36)25(32-43(38,39)24-11-7-4-8-12-24)19-31-26(34)13-16-30-27(35)21-41-23-14-17-33(18-15-23)29(37)42-20-22-9-5-3-6-10-22/h3-12,23,25,32H,2,13-21H2,1H3,(H,30,35)(H,31,34). The van der Waals surface area contributed by atoms with E-state index in [-0.39, 0.29) is 56.4 Å². The van der Waals surface area contributed by atoms with Gasteiger partial charge in [0.25, 0.3) is 0 Å². The van der Waals surface area contributed by atoms with Gasteiger partial charge in [-0.05, 0) is 37.5 Å². The molecule has 2 aromatic rings. The number of sulfonamides is 1. The number of likely N-dealkylation sites (tertiary alicyclic amines) is 1. The van der Waals surface area contributed by atoms with Crippen molar-refractivity contribution < 1.29 is 41.8 Å². The highest BCUT2D eigenvalue weighted by molar-refractivity contribution is 7.89. The molecule has 43 heavy (non-hydrogen) atoms. The molecule has 1 heterocycles. The molecule has 14 heteroatoms. The maximum atomic E-state index is 12.6. The van der Waals surface area contributed by atoms with Crippen LogP contribution in [0, 0.1) is 0 Å². The Morgan fingerprint density at radius 3 is 2.21 bits per heavy atom. The van der Waals surface area contributed by atoms with Gasteiger partial charge >= 0.3 is 12.1 Å². The summed E-state index contributed by atoms with van der Waals surface area (Å²) < 4.78 is 43.5. The summed E-state index contributed by atoms with van der Waals surface area (Å²) in [4.78, 5) is 50.7. The molecule has 0 saturated carbocycles. The zero-order chi connectivity index (χ0) is 31.1. The number of hydrogen-bond acceptors (Lipinski definition) is 9. The van der Waals surface area contributed by atoms with Gasteiger partial charge in [-0.1, -0.05) is 48.5 Å². The molecule has 3 amide bonds. The van der Waals surface area contributed by atoms with Crippen LogP contribution in [0.4, 0.5) is 4.79 Å². The molecule has 0 bridgehead atoms. The van der Waals surface area contributed by atoms with Crippen molar-refractivity contribution in [1.82, 2.24) is 20.3 Å². The summed E-state index contributed by atoms with van der Waals surface area (Å²) in [7, 11) is -4.03. The summed E-state index contributed by atoms with van der Waals surface area (Å²) >= 11 is 0. The molecule has 1 aliphatic rings. The average molecular weight is 619 g/mol. The smallest absolute Gasteiger partial charge is 0.410 e. The zero-order valence-electron chi connectivity index (χ0n) is 24.0. The van der Waals surface area contributed by atoms with Gasteiger partial charge in [0.15, 0.2) is 0 Å². The van der Waals surface area contributed by atoms with E-state index in [0.717, 1.165) is 5.56 Å². The van der Waals surface area contributed by atoms with Crippen molar-refractivity contribution in [2.24, 2.45) is 0 Å². The summed E-state index contributed by atoms with van der Waals surface area (Å²) in [6.45, 7) is 2.20. The SMILES string of the molecule is CCOC(=O)C(CNC(=O)CCNC(=O)COC1CCN(C(=O)OCc2ccccc2)CC1)NS(=O)(=O)c1ccccc1. The third kappa shape index (κ3) is 11.7. The number of benzene rings is 2. The molecule has 1 atom stereocenters. The number of amides is 3. The van der Waals surface area contributed by atoms with Crippen molar-refractivity contribution in [2.75, 3.05) is 39.4 Å². The van der Waals surface area contributed by atoms with E-state index in [9.17, 15) is 27.6 Å². The second-order valence-corrected chi connectivity index (χ2v) is 11.4. The fourth-order valence-corrected chi connectivity index (χ4v) is 5.36. The largest absolute Gasteiger partial charge is 0.465 e. The van der Waals surface area contributed by atoms with E-state index in [1.807, 2.05) is 30.3 Å². The monoisotopic (exact) mass is 618 g/mol. The van der Waals surface area contributed by atoms with Gasteiger partial charge in [-0.25, -0.2) is 13.2 Å². The molecule has 3 N–H and O–H groups in total. The number of piperidine rings is 1.